The molecule has 5 nitrogen and oxygen atoms in total. The van der Waals surface area contributed by atoms with Crippen LogP contribution in [-0.2, 0) is 17.6 Å². The minimum absolute atomic E-state index is 0.0862. The van der Waals surface area contributed by atoms with Crippen LogP contribution in [0.3, 0.4) is 0 Å². The Bertz CT molecular complexity index is 981. The van der Waals surface area contributed by atoms with E-state index in [0.717, 1.165) is 48.4 Å². The van der Waals surface area contributed by atoms with E-state index in [1.54, 1.807) is 7.11 Å². The predicted octanol–water partition coefficient (Wildman–Crippen LogP) is 5.38. The summed E-state index contributed by atoms with van der Waals surface area (Å²) in [5.74, 6) is 0.411. The SMILES string of the molecule is COC[C@H](NC(=O)c1n[nH]c2c1CCCCC[C@@H]2Cc1cccc(Cl)c1)C1C=CC=CC1. The Morgan fingerprint density at radius 3 is 3.00 bits per heavy atom. The minimum atomic E-state index is -0.116. The number of hydrogen-bond acceptors (Lipinski definition) is 3. The maximum Gasteiger partial charge on any atom is 0.272 e. The normalized spacial score (nSPS) is 21.4. The number of amides is 1. The summed E-state index contributed by atoms with van der Waals surface area (Å²) in [4.78, 5) is 13.3. The van der Waals surface area contributed by atoms with E-state index in [2.05, 4.69) is 33.7 Å². The Hall–Kier alpha value is -2.37. The van der Waals surface area contributed by atoms with Crippen LogP contribution in [0.5, 0.6) is 0 Å². The largest absolute Gasteiger partial charge is 0.383 e. The summed E-state index contributed by atoms with van der Waals surface area (Å²) in [6, 6.07) is 7.97. The van der Waals surface area contributed by atoms with E-state index >= 15 is 0 Å². The molecule has 0 fully saturated rings. The van der Waals surface area contributed by atoms with Crippen molar-refractivity contribution < 1.29 is 9.53 Å². The van der Waals surface area contributed by atoms with Gasteiger partial charge < -0.3 is 10.1 Å². The zero-order valence-corrected chi connectivity index (χ0v) is 19.4. The molecule has 0 aliphatic heterocycles. The van der Waals surface area contributed by atoms with Crippen LogP contribution in [0.4, 0.5) is 0 Å². The third kappa shape index (κ3) is 5.51. The van der Waals surface area contributed by atoms with Crippen LogP contribution >= 0.6 is 11.6 Å². The second-order valence-corrected chi connectivity index (χ2v) is 9.28. The molecule has 0 radical (unpaired) electrons. The Morgan fingerprint density at radius 2 is 2.22 bits per heavy atom. The van der Waals surface area contributed by atoms with Crippen molar-refractivity contribution in [2.75, 3.05) is 13.7 Å². The van der Waals surface area contributed by atoms with Crippen molar-refractivity contribution in [3.8, 4) is 0 Å². The van der Waals surface area contributed by atoms with E-state index in [4.69, 9.17) is 16.3 Å². The molecule has 1 unspecified atom stereocenters. The van der Waals surface area contributed by atoms with Gasteiger partial charge in [0.2, 0.25) is 0 Å². The first-order valence-electron chi connectivity index (χ1n) is 11.6. The van der Waals surface area contributed by atoms with E-state index in [1.165, 1.54) is 18.4 Å². The zero-order valence-electron chi connectivity index (χ0n) is 18.6. The van der Waals surface area contributed by atoms with Crippen LogP contribution in [0.2, 0.25) is 5.02 Å². The zero-order chi connectivity index (χ0) is 22.3. The fourth-order valence-corrected chi connectivity index (χ4v) is 5.12. The van der Waals surface area contributed by atoms with Gasteiger partial charge in [0.15, 0.2) is 5.69 Å². The van der Waals surface area contributed by atoms with Crippen molar-refractivity contribution in [2.45, 2.75) is 56.9 Å². The van der Waals surface area contributed by atoms with Crippen molar-refractivity contribution in [1.82, 2.24) is 15.5 Å². The Balaban J connectivity index is 1.55. The van der Waals surface area contributed by atoms with Crippen LogP contribution in [-0.4, -0.2) is 35.9 Å². The second-order valence-electron chi connectivity index (χ2n) is 8.84. The lowest BCUT2D eigenvalue weighted by Gasteiger charge is -2.25. The molecule has 0 saturated heterocycles. The molecule has 2 aromatic rings. The Kier molecular flexibility index (Phi) is 7.82. The first-order chi connectivity index (χ1) is 15.7. The standard InChI is InChI=1S/C26H32ClN3O2/c1-32-17-23(19-10-4-2-5-11-19)28-26(31)25-22-14-7-3-6-12-20(24(22)29-30-25)15-18-9-8-13-21(27)16-18/h2,4-5,8-10,13,16,19-20,23H,3,6-7,11-12,14-15,17H2,1H3,(H,28,31)(H,29,30)/t19?,20-,23+/m1/s1. The maximum atomic E-state index is 13.3. The van der Waals surface area contributed by atoms with Gasteiger partial charge in [-0.2, -0.15) is 5.10 Å². The monoisotopic (exact) mass is 453 g/mol. The molecule has 32 heavy (non-hydrogen) atoms. The van der Waals surface area contributed by atoms with Gasteiger partial charge in [-0.15, -0.1) is 0 Å². The molecule has 3 atom stereocenters. The fraction of sp³-hybridized carbons (Fsp3) is 0.462. The number of methoxy groups -OCH3 is 1. The maximum absolute atomic E-state index is 13.3. The Morgan fingerprint density at radius 1 is 1.31 bits per heavy atom. The third-order valence-electron chi connectivity index (χ3n) is 6.57. The molecule has 1 heterocycles. The van der Waals surface area contributed by atoms with Crippen molar-refractivity contribution in [1.29, 1.82) is 0 Å². The highest BCUT2D eigenvalue weighted by Gasteiger charge is 2.28. The molecule has 6 heteroatoms. The van der Waals surface area contributed by atoms with E-state index < -0.39 is 0 Å². The number of carbonyl (C=O) groups excluding carboxylic acids is 1. The van der Waals surface area contributed by atoms with E-state index in [1.807, 2.05) is 30.4 Å². The molecular formula is C26H32ClN3O2. The number of fused-ring (bicyclic) bond motifs is 1. The van der Waals surface area contributed by atoms with Crippen molar-refractivity contribution in [2.24, 2.45) is 5.92 Å². The highest BCUT2D eigenvalue weighted by atomic mass is 35.5. The number of ether oxygens (including phenoxy) is 1. The minimum Gasteiger partial charge on any atom is -0.383 e. The van der Waals surface area contributed by atoms with Crippen LogP contribution in [0, 0.1) is 5.92 Å². The average Bonchev–Trinajstić information content (AvgIpc) is 3.20. The molecule has 0 spiro atoms. The lowest BCUT2D eigenvalue weighted by molar-refractivity contribution is 0.0865. The van der Waals surface area contributed by atoms with Gasteiger partial charge >= 0.3 is 0 Å². The predicted molar refractivity (Wildman–Crippen MR) is 128 cm³/mol. The first-order valence-corrected chi connectivity index (χ1v) is 12.0. The van der Waals surface area contributed by atoms with Crippen LogP contribution in [0.1, 0.15) is 65.3 Å². The molecule has 1 aromatic heterocycles. The number of rotatable bonds is 7. The molecule has 2 N–H and O–H groups in total. The van der Waals surface area contributed by atoms with Gasteiger partial charge in [0.05, 0.1) is 12.6 Å². The smallest absolute Gasteiger partial charge is 0.272 e. The number of aromatic amines is 1. The van der Waals surface area contributed by atoms with E-state index in [9.17, 15) is 4.79 Å². The molecule has 4 rings (SSSR count). The van der Waals surface area contributed by atoms with Gasteiger partial charge in [-0.1, -0.05) is 60.9 Å². The van der Waals surface area contributed by atoms with Crippen LogP contribution < -0.4 is 5.32 Å². The van der Waals surface area contributed by atoms with E-state index in [0.29, 0.717) is 18.2 Å². The van der Waals surface area contributed by atoms with Gasteiger partial charge in [-0.25, -0.2) is 0 Å². The number of H-pyrrole nitrogens is 1. The molecular weight excluding hydrogens is 422 g/mol. The number of allylic oxidation sites excluding steroid dienone is 3. The van der Waals surface area contributed by atoms with E-state index in [-0.39, 0.29) is 17.9 Å². The average molecular weight is 454 g/mol. The van der Waals surface area contributed by atoms with Crippen molar-refractivity contribution >= 4 is 17.5 Å². The summed E-state index contributed by atoms with van der Waals surface area (Å²) in [6.07, 6.45) is 15.5. The number of halogens is 1. The number of hydrogen-bond donors (Lipinski definition) is 2. The van der Waals surface area contributed by atoms with Crippen molar-refractivity contribution in [3.63, 3.8) is 0 Å². The summed E-state index contributed by atoms with van der Waals surface area (Å²) in [5, 5.41) is 11.7. The molecule has 170 valence electrons. The highest BCUT2D eigenvalue weighted by molar-refractivity contribution is 6.30. The van der Waals surface area contributed by atoms with Crippen molar-refractivity contribution in [3.05, 3.63) is 76.1 Å². The third-order valence-corrected chi connectivity index (χ3v) is 6.80. The number of benzene rings is 1. The van der Waals surface area contributed by atoms with Crippen LogP contribution in [0.15, 0.2) is 48.6 Å². The highest BCUT2D eigenvalue weighted by Crippen LogP contribution is 2.33. The van der Waals surface area contributed by atoms with Gasteiger partial charge in [-0.05, 0) is 49.8 Å². The first kappa shape index (κ1) is 22.8. The molecule has 0 saturated carbocycles. The lowest BCUT2D eigenvalue weighted by Crippen LogP contribution is -2.43. The van der Waals surface area contributed by atoms with Gasteiger partial charge in [0, 0.05) is 35.2 Å². The molecule has 2 aliphatic carbocycles. The Labute approximate surface area is 195 Å². The van der Waals surface area contributed by atoms with Gasteiger partial charge in [-0.3, -0.25) is 9.89 Å². The number of aromatic nitrogens is 2. The molecule has 2 aliphatic rings. The molecule has 0 bridgehead atoms. The summed E-state index contributed by atoms with van der Waals surface area (Å²) in [7, 11) is 1.67. The lowest BCUT2D eigenvalue weighted by atomic mass is 9.85. The summed E-state index contributed by atoms with van der Waals surface area (Å²) < 4.78 is 5.41. The van der Waals surface area contributed by atoms with Gasteiger partial charge in [0.25, 0.3) is 5.91 Å². The molecule has 1 amide bonds. The quantitative estimate of drug-likeness (QED) is 0.591. The second kappa shape index (κ2) is 11.0. The number of nitrogens with one attached hydrogen (secondary N) is 2. The summed E-state index contributed by atoms with van der Waals surface area (Å²) >= 11 is 6.21. The number of nitrogens with zero attached hydrogens (tertiary/aromatic N) is 1. The topological polar surface area (TPSA) is 67.0 Å². The van der Waals surface area contributed by atoms with Gasteiger partial charge in [0.1, 0.15) is 0 Å². The fourth-order valence-electron chi connectivity index (χ4n) is 4.91. The number of carbonyl (C=O) groups is 1. The van der Waals surface area contributed by atoms with Crippen LogP contribution in [0.25, 0.3) is 0 Å². The summed E-state index contributed by atoms with van der Waals surface area (Å²) in [6.45, 7) is 0.471. The summed E-state index contributed by atoms with van der Waals surface area (Å²) in [5.41, 5.74) is 3.93. The molecule has 1 aromatic carbocycles.